The first-order chi connectivity index (χ1) is 9.65. The van der Waals surface area contributed by atoms with E-state index in [0.717, 1.165) is 23.9 Å². The molecule has 20 heavy (non-hydrogen) atoms. The van der Waals surface area contributed by atoms with Crippen molar-refractivity contribution in [2.75, 3.05) is 6.54 Å². The van der Waals surface area contributed by atoms with E-state index in [-0.39, 0.29) is 0 Å². The van der Waals surface area contributed by atoms with Crippen LogP contribution in [0.3, 0.4) is 0 Å². The van der Waals surface area contributed by atoms with Crippen molar-refractivity contribution < 1.29 is 0 Å². The predicted octanol–water partition coefficient (Wildman–Crippen LogP) is 3.78. The van der Waals surface area contributed by atoms with Crippen molar-refractivity contribution in [1.82, 2.24) is 14.7 Å². The standard InChI is InChI=1S/C16H20ClN3/c1-11(2)12(10-18-13-6-7-13)9-14-16(17)19-15-5-3-4-8-20(14)15/h3-5,8-9,11,13,18H,6-7,10H2,1-2H3. The van der Waals surface area contributed by atoms with Crippen LogP contribution in [0, 0.1) is 5.92 Å². The Morgan fingerprint density at radius 1 is 1.50 bits per heavy atom. The molecular weight excluding hydrogens is 270 g/mol. The van der Waals surface area contributed by atoms with Gasteiger partial charge in [-0.3, -0.25) is 4.40 Å². The molecule has 1 N–H and O–H groups in total. The van der Waals surface area contributed by atoms with Crippen LogP contribution < -0.4 is 5.32 Å². The Bertz CT molecular complexity index is 638. The van der Waals surface area contributed by atoms with Crippen LogP contribution in [0.15, 0.2) is 30.0 Å². The number of halogens is 1. The highest BCUT2D eigenvalue weighted by molar-refractivity contribution is 6.31. The number of aromatic nitrogens is 2. The normalized spacial score (nSPS) is 16.3. The minimum atomic E-state index is 0.492. The van der Waals surface area contributed by atoms with E-state index in [4.69, 9.17) is 11.6 Å². The second-order valence-corrected chi connectivity index (χ2v) is 6.10. The van der Waals surface area contributed by atoms with Crippen LogP contribution in [0.4, 0.5) is 0 Å². The third-order valence-electron chi connectivity index (χ3n) is 3.76. The van der Waals surface area contributed by atoms with Gasteiger partial charge in [0.05, 0.1) is 5.69 Å². The average molecular weight is 290 g/mol. The highest BCUT2D eigenvalue weighted by Gasteiger charge is 2.21. The van der Waals surface area contributed by atoms with Gasteiger partial charge in [-0.05, 0) is 37.0 Å². The van der Waals surface area contributed by atoms with Crippen LogP contribution >= 0.6 is 11.6 Å². The Morgan fingerprint density at radius 2 is 2.30 bits per heavy atom. The molecule has 2 heterocycles. The Hall–Kier alpha value is -1.32. The van der Waals surface area contributed by atoms with Gasteiger partial charge in [-0.25, -0.2) is 4.98 Å². The van der Waals surface area contributed by atoms with Crippen molar-refractivity contribution >= 4 is 23.3 Å². The summed E-state index contributed by atoms with van der Waals surface area (Å²) in [5.74, 6) is 0.492. The highest BCUT2D eigenvalue weighted by atomic mass is 35.5. The van der Waals surface area contributed by atoms with Crippen molar-refractivity contribution in [2.45, 2.75) is 32.7 Å². The van der Waals surface area contributed by atoms with E-state index in [1.54, 1.807) is 0 Å². The topological polar surface area (TPSA) is 29.3 Å². The zero-order chi connectivity index (χ0) is 14.1. The molecule has 0 atom stereocenters. The maximum Gasteiger partial charge on any atom is 0.155 e. The zero-order valence-electron chi connectivity index (χ0n) is 11.9. The van der Waals surface area contributed by atoms with Gasteiger partial charge in [0, 0.05) is 18.8 Å². The van der Waals surface area contributed by atoms with Gasteiger partial charge in [0.25, 0.3) is 0 Å². The van der Waals surface area contributed by atoms with Crippen LogP contribution in [0.25, 0.3) is 11.7 Å². The summed E-state index contributed by atoms with van der Waals surface area (Å²) in [7, 11) is 0. The Kier molecular flexibility index (Phi) is 3.81. The predicted molar refractivity (Wildman–Crippen MR) is 84.0 cm³/mol. The fraction of sp³-hybridized carbons (Fsp3) is 0.438. The Morgan fingerprint density at radius 3 is 3.00 bits per heavy atom. The molecule has 4 heteroatoms. The lowest BCUT2D eigenvalue weighted by molar-refractivity contribution is 0.662. The minimum absolute atomic E-state index is 0.492. The summed E-state index contributed by atoms with van der Waals surface area (Å²) in [6.45, 7) is 5.37. The number of hydrogen-bond acceptors (Lipinski definition) is 2. The summed E-state index contributed by atoms with van der Waals surface area (Å²) in [5, 5.41) is 4.15. The number of imidazole rings is 1. The van der Waals surface area contributed by atoms with Gasteiger partial charge in [0.2, 0.25) is 0 Å². The lowest BCUT2D eigenvalue weighted by atomic mass is 10.0. The first-order valence-electron chi connectivity index (χ1n) is 7.21. The van der Waals surface area contributed by atoms with Crippen LogP contribution in [0.5, 0.6) is 0 Å². The van der Waals surface area contributed by atoms with Crippen molar-refractivity contribution in [3.05, 3.63) is 40.8 Å². The molecule has 1 fully saturated rings. The van der Waals surface area contributed by atoms with E-state index in [2.05, 4.69) is 30.2 Å². The van der Waals surface area contributed by atoms with E-state index in [1.165, 1.54) is 18.4 Å². The van der Waals surface area contributed by atoms with Crippen LogP contribution in [-0.4, -0.2) is 22.0 Å². The number of hydrogen-bond donors (Lipinski definition) is 1. The van der Waals surface area contributed by atoms with Gasteiger partial charge in [0.15, 0.2) is 5.15 Å². The maximum atomic E-state index is 6.29. The number of nitrogens with zero attached hydrogens (tertiary/aromatic N) is 2. The van der Waals surface area contributed by atoms with E-state index >= 15 is 0 Å². The van der Waals surface area contributed by atoms with Crippen molar-refractivity contribution in [2.24, 2.45) is 5.92 Å². The van der Waals surface area contributed by atoms with E-state index in [0.29, 0.717) is 11.1 Å². The molecule has 0 aliphatic heterocycles. The quantitative estimate of drug-likeness (QED) is 0.908. The van der Waals surface area contributed by atoms with Gasteiger partial charge in [0.1, 0.15) is 5.65 Å². The summed E-state index contributed by atoms with van der Waals surface area (Å²) in [6, 6.07) is 6.67. The molecule has 0 amide bonds. The molecule has 0 spiro atoms. The molecule has 2 aromatic rings. The van der Waals surface area contributed by atoms with Crippen LogP contribution in [0.1, 0.15) is 32.4 Å². The third kappa shape index (κ3) is 2.89. The summed E-state index contributed by atoms with van der Waals surface area (Å²) < 4.78 is 2.04. The summed E-state index contributed by atoms with van der Waals surface area (Å²) in [5.41, 5.74) is 3.23. The van der Waals surface area contributed by atoms with Gasteiger partial charge < -0.3 is 5.32 Å². The minimum Gasteiger partial charge on any atom is -0.310 e. The lowest BCUT2D eigenvalue weighted by Crippen LogP contribution is -2.21. The molecule has 0 unspecified atom stereocenters. The molecule has 0 aromatic carbocycles. The Labute approximate surface area is 124 Å². The largest absolute Gasteiger partial charge is 0.310 e. The molecule has 0 saturated heterocycles. The van der Waals surface area contributed by atoms with Gasteiger partial charge in [-0.15, -0.1) is 0 Å². The zero-order valence-corrected chi connectivity index (χ0v) is 12.7. The molecular formula is C16H20ClN3. The lowest BCUT2D eigenvalue weighted by Gasteiger charge is -2.12. The van der Waals surface area contributed by atoms with Crippen LogP contribution in [-0.2, 0) is 0 Å². The maximum absolute atomic E-state index is 6.29. The van der Waals surface area contributed by atoms with Gasteiger partial charge in [-0.2, -0.15) is 0 Å². The van der Waals surface area contributed by atoms with Gasteiger partial charge in [-0.1, -0.05) is 37.1 Å². The fourth-order valence-corrected chi connectivity index (χ4v) is 2.49. The van der Waals surface area contributed by atoms with Crippen LogP contribution in [0.2, 0.25) is 5.15 Å². The van der Waals surface area contributed by atoms with Gasteiger partial charge >= 0.3 is 0 Å². The number of rotatable bonds is 5. The molecule has 2 aromatic heterocycles. The van der Waals surface area contributed by atoms with E-state index in [9.17, 15) is 0 Å². The second-order valence-electron chi connectivity index (χ2n) is 5.75. The van der Waals surface area contributed by atoms with Crippen molar-refractivity contribution in [3.8, 4) is 0 Å². The van der Waals surface area contributed by atoms with E-state index in [1.807, 2.05) is 28.8 Å². The summed E-state index contributed by atoms with van der Waals surface area (Å²) in [4.78, 5) is 4.40. The molecule has 106 valence electrons. The number of fused-ring (bicyclic) bond motifs is 1. The molecule has 1 aliphatic carbocycles. The first-order valence-corrected chi connectivity index (χ1v) is 7.59. The molecule has 0 radical (unpaired) electrons. The number of nitrogens with one attached hydrogen (secondary N) is 1. The molecule has 3 rings (SSSR count). The average Bonchev–Trinajstić information content (AvgIpc) is 3.18. The van der Waals surface area contributed by atoms with Crippen molar-refractivity contribution in [3.63, 3.8) is 0 Å². The monoisotopic (exact) mass is 289 g/mol. The summed E-state index contributed by atoms with van der Waals surface area (Å²) >= 11 is 6.29. The molecule has 3 nitrogen and oxygen atoms in total. The number of pyridine rings is 1. The highest BCUT2D eigenvalue weighted by Crippen LogP contribution is 2.24. The third-order valence-corrected chi connectivity index (χ3v) is 4.04. The smallest absolute Gasteiger partial charge is 0.155 e. The second kappa shape index (κ2) is 5.58. The molecule has 1 saturated carbocycles. The van der Waals surface area contributed by atoms with Crippen molar-refractivity contribution in [1.29, 1.82) is 0 Å². The first kappa shape index (κ1) is 13.7. The fourth-order valence-electron chi connectivity index (χ4n) is 2.26. The SMILES string of the molecule is CC(C)C(=Cc1c(Cl)nc2ccccn12)CNC1CC1. The van der Waals surface area contributed by atoms with E-state index < -0.39 is 0 Å². The summed E-state index contributed by atoms with van der Waals surface area (Å²) in [6.07, 6.45) is 6.80. The molecule has 1 aliphatic rings. The Balaban J connectivity index is 1.94. The molecule has 0 bridgehead atoms.